The molecule has 1 N–H and O–H groups in total. The number of halogens is 1. The monoisotopic (exact) mass is 315 g/mol. The van der Waals surface area contributed by atoms with E-state index in [4.69, 9.17) is 4.74 Å². The minimum Gasteiger partial charge on any atom is -0.494 e. The second kappa shape index (κ2) is 8.93. The number of carbonyl (C=O) groups is 1. The van der Waals surface area contributed by atoms with Gasteiger partial charge in [0, 0.05) is 12.5 Å². The Bertz CT molecular complexity index is 599. The van der Waals surface area contributed by atoms with Gasteiger partial charge in [0.05, 0.1) is 6.61 Å². The van der Waals surface area contributed by atoms with Crippen molar-refractivity contribution >= 4 is 5.91 Å². The van der Waals surface area contributed by atoms with Crippen molar-refractivity contribution in [1.29, 1.82) is 0 Å². The van der Waals surface area contributed by atoms with Crippen LogP contribution in [-0.4, -0.2) is 19.1 Å². The lowest BCUT2D eigenvalue weighted by atomic mass is 10.0. The Balaban J connectivity index is 1.61. The molecule has 0 heterocycles. The van der Waals surface area contributed by atoms with E-state index in [-0.39, 0.29) is 17.6 Å². The molecule has 0 aliphatic rings. The van der Waals surface area contributed by atoms with Crippen LogP contribution < -0.4 is 10.1 Å². The summed E-state index contributed by atoms with van der Waals surface area (Å²) in [5, 5.41) is 2.92. The summed E-state index contributed by atoms with van der Waals surface area (Å²) in [6, 6.07) is 15.9. The maximum atomic E-state index is 12.7. The molecule has 0 aromatic heterocycles. The average Bonchev–Trinajstić information content (AvgIpc) is 2.57. The second-order valence-corrected chi connectivity index (χ2v) is 5.54. The average molecular weight is 315 g/mol. The third-order valence-corrected chi connectivity index (χ3v) is 3.54. The zero-order valence-electron chi connectivity index (χ0n) is 13.3. The highest BCUT2D eigenvalue weighted by Gasteiger charge is 2.12. The fourth-order valence-electron chi connectivity index (χ4n) is 2.24. The highest BCUT2D eigenvalue weighted by molar-refractivity contribution is 5.78. The molecule has 23 heavy (non-hydrogen) atoms. The summed E-state index contributed by atoms with van der Waals surface area (Å²) in [6.45, 7) is 2.98. The van der Waals surface area contributed by atoms with Crippen LogP contribution in [0.1, 0.15) is 18.9 Å². The summed E-state index contributed by atoms with van der Waals surface area (Å²) >= 11 is 0. The van der Waals surface area contributed by atoms with Crippen LogP contribution in [0.2, 0.25) is 0 Å². The number of amides is 1. The van der Waals surface area contributed by atoms with E-state index in [2.05, 4.69) is 5.32 Å². The van der Waals surface area contributed by atoms with E-state index in [0.29, 0.717) is 25.3 Å². The minimum atomic E-state index is -0.281. The number of carbonyl (C=O) groups excluding carboxylic acids is 1. The van der Waals surface area contributed by atoms with Crippen molar-refractivity contribution in [2.45, 2.75) is 19.8 Å². The first kappa shape index (κ1) is 17.0. The van der Waals surface area contributed by atoms with Gasteiger partial charge in [0.2, 0.25) is 5.91 Å². The van der Waals surface area contributed by atoms with E-state index in [9.17, 15) is 9.18 Å². The maximum absolute atomic E-state index is 12.7. The molecule has 2 aromatic carbocycles. The van der Waals surface area contributed by atoms with Crippen molar-refractivity contribution in [3.8, 4) is 5.75 Å². The van der Waals surface area contributed by atoms with E-state index in [0.717, 1.165) is 12.0 Å². The molecule has 1 atom stereocenters. The van der Waals surface area contributed by atoms with Crippen LogP contribution in [0.3, 0.4) is 0 Å². The second-order valence-electron chi connectivity index (χ2n) is 5.54. The molecule has 1 amide bonds. The normalized spacial score (nSPS) is 11.7. The molecule has 0 bridgehead atoms. The smallest absolute Gasteiger partial charge is 0.223 e. The van der Waals surface area contributed by atoms with E-state index in [1.807, 2.05) is 37.3 Å². The largest absolute Gasteiger partial charge is 0.494 e. The van der Waals surface area contributed by atoms with Gasteiger partial charge in [-0.25, -0.2) is 4.39 Å². The van der Waals surface area contributed by atoms with Crippen molar-refractivity contribution in [3.05, 3.63) is 66.0 Å². The van der Waals surface area contributed by atoms with Crippen molar-refractivity contribution in [2.75, 3.05) is 13.2 Å². The Morgan fingerprint density at radius 3 is 2.52 bits per heavy atom. The first-order chi connectivity index (χ1) is 11.1. The van der Waals surface area contributed by atoms with Gasteiger partial charge in [-0.2, -0.15) is 0 Å². The number of nitrogens with one attached hydrogen (secondary N) is 1. The van der Waals surface area contributed by atoms with Crippen LogP contribution in [0, 0.1) is 11.7 Å². The molecule has 0 fully saturated rings. The lowest BCUT2D eigenvalue weighted by Gasteiger charge is -2.12. The van der Waals surface area contributed by atoms with Crippen LogP contribution in [-0.2, 0) is 11.2 Å². The SMILES string of the molecule is CC(Cc1ccccc1)C(=O)NCCCOc1ccc(F)cc1. The molecule has 4 heteroatoms. The minimum absolute atomic E-state index is 0.0515. The Hall–Kier alpha value is -2.36. The standard InChI is InChI=1S/C19H22FNO2/c1-15(14-16-6-3-2-4-7-16)19(22)21-12-5-13-23-18-10-8-17(20)9-11-18/h2-4,6-11,15H,5,12-14H2,1H3,(H,21,22). The molecule has 0 spiro atoms. The summed E-state index contributed by atoms with van der Waals surface area (Å²) in [5.74, 6) is 0.346. The Kier molecular flexibility index (Phi) is 6.60. The summed E-state index contributed by atoms with van der Waals surface area (Å²) in [7, 11) is 0. The highest BCUT2D eigenvalue weighted by Crippen LogP contribution is 2.11. The highest BCUT2D eigenvalue weighted by atomic mass is 19.1. The van der Waals surface area contributed by atoms with E-state index >= 15 is 0 Å². The van der Waals surface area contributed by atoms with Crippen molar-refractivity contribution in [2.24, 2.45) is 5.92 Å². The molecule has 0 radical (unpaired) electrons. The zero-order valence-corrected chi connectivity index (χ0v) is 13.3. The third kappa shape index (κ3) is 6.10. The summed E-state index contributed by atoms with van der Waals surface area (Å²) in [5.41, 5.74) is 1.16. The molecular formula is C19H22FNO2. The van der Waals surface area contributed by atoms with E-state index < -0.39 is 0 Å². The number of hydrogen-bond donors (Lipinski definition) is 1. The maximum Gasteiger partial charge on any atom is 0.223 e. The van der Waals surface area contributed by atoms with Crippen molar-refractivity contribution in [3.63, 3.8) is 0 Å². The first-order valence-corrected chi connectivity index (χ1v) is 7.85. The van der Waals surface area contributed by atoms with Gasteiger partial charge in [0.15, 0.2) is 0 Å². The van der Waals surface area contributed by atoms with E-state index in [1.54, 1.807) is 12.1 Å². The molecule has 2 rings (SSSR count). The van der Waals surface area contributed by atoms with Gasteiger partial charge < -0.3 is 10.1 Å². The molecule has 0 saturated carbocycles. The quantitative estimate of drug-likeness (QED) is 0.756. The number of ether oxygens (including phenoxy) is 1. The third-order valence-electron chi connectivity index (χ3n) is 3.54. The van der Waals surface area contributed by atoms with Gasteiger partial charge >= 0.3 is 0 Å². The molecular weight excluding hydrogens is 293 g/mol. The van der Waals surface area contributed by atoms with Gasteiger partial charge in [-0.05, 0) is 42.7 Å². The van der Waals surface area contributed by atoms with Crippen LogP contribution in [0.5, 0.6) is 5.75 Å². The fraction of sp³-hybridized carbons (Fsp3) is 0.316. The van der Waals surface area contributed by atoms with Gasteiger partial charge in [-0.1, -0.05) is 37.3 Å². The molecule has 3 nitrogen and oxygen atoms in total. The Morgan fingerprint density at radius 2 is 1.83 bits per heavy atom. The predicted molar refractivity (Wildman–Crippen MR) is 88.8 cm³/mol. The van der Waals surface area contributed by atoms with Gasteiger partial charge in [0.25, 0.3) is 0 Å². The molecule has 0 saturated heterocycles. The molecule has 2 aromatic rings. The molecule has 0 aliphatic heterocycles. The Morgan fingerprint density at radius 1 is 1.13 bits per heavy atom. The summed E-state index contributed by atoms with van der Waals surface area (Å²) in [4.78, 5) is 12.0. The predicted octanol–water partition coefficient (Wildman–Crippen LogP) is 3.59. The fourth-order valence-corrected chi connectivity index (χ4v) is 2.24. The molecule has 1 unspecified atom stereocenters. The first-order valence-electron chi connectivity index (χ1n) is 7.85. The van der Waals surface area contributed by atoms with Crippen LogP contribution >= 0.6 is 0 Å². The zero-order chi connectivity index (χ0) is 16.5. The lowest BCUT2D eigenvalue weighted by Crippen LogP contribution is -2.31. The molecule has 0 aliphatic carbocycles. The van der Waals surface area contributed by atoms with Crippen molar-refractivity contribution < 1.29 is 13.9 Å². The van der Waals surface area contributed by atoms with Gasteiger partial charge in [0.1, 0.15) is 11.6 Å². The topological polar surface area (TPSA) is 38.3 Å². The van der Waals surface area contributed by atoms with Crippen LogP contribution in [0.25, 0.3) is 0 Å². The summed E-state index contributed by atoms with van der Waals surface area (Å²) in [6.07, 6.45) is 1.44. The van der Waals surface area contributed by atoms with E-state index in [1.165, 1.54) is 12.1 Å². The number of rotatable bonds is 8. The Labute approximate surface area is 136 Å². The number of hydrogen-bond acceptors (Lipinski definition) is 2. The summed E-state index contributed by atoms with van der Waals surface area (Å²) < 4.78 is 18.2. The van der Waals surface area contributed by atoms with Crippen LogP contribution in [0.15, 0.2) is 54.6 Å². The van der Waals surface area contributed by atoms with Gasteiger partial charge in [-0.15, -0.1) is 0 Å². The van der Waals surface area contributed by atoms with Crippen LogP contribution in [0.4, 0.5) is 4.39 Å². The molecule has 122 valence electrons. The number of benzene rings is 2. The van der Waals surface area contributed by atoms with Crippen molar-refractivity contribution in [1.82, 2.24) is 5.32 Å². The van der Waals surface area contributed by atoms with Gasteiger partial charge in [-0.3, -0.25) is 4.79 Å². The lowest BCUT2D eigenvalue weighted by molar-refractivity contribution is -0.124.